The van der Waals surface area contributed by atoms with Crippen molar-refractivity contribution in [2.75, 3.05) is 22.1 Å². The van der Waals surface area contributed by atoms with Crippen LogP contribution in [-0.2, 0) is 16.0 Å². The van der Waals surface area contributed by atoms with E-state index in [9.17, 15) is 9.59 Å². The Balaban J connectivity index is 1.22. The maximum Gasteiger partial charge on any atom is 0.229 e. The Morgan fingerprint density at radius 1 is 0.842 bits per heavy atom. The summed E-state index contributed by atoms with van der Waals surface area (Å²) in [6.07, 6.45) is 1.06. The third kappa shape index (κ3) is 5.78. The quantitative estimate of drug-likeness (QED) is 0.269. The summed E-state index contributed by atoms with van der Waals surface area (Å²) >= 11 is 0. The van der Waals surface area contributed by atoms with Crippen LogP contribution < -0.4 is 15.5 Å². The summed E-state index contributed by atoms with van der Waals surface area (Å²) in [5, 5.41) is 6.51. The van der Waals surface area contributed by atoms with Crippen LogP contribution in [0.5, 0.6) is 0 Å². The number of rotatable bonds is 8. The number of para-hydroxylation sites is 2. The minimum Gasteiger partial charge on any atom is -0.355 e. The highest BCUT2D eigenvalue weighted by atomic mass is 16.2. The van der Waals surface area contributed by atoms with Crippen molar-refractivity contribution < 1.29 is 9.59 Å². The summed E-state index contributed by atoms with van der Waals surface area (Å²) in [6.45, 7) is 4.63. The maximum atomic E-state index is 13.0. The van der Waals surface area contributed by atoms with Gasteiger partial charge in [0, 0.05) is 35.7 Å². The number of nitrogens with one attached hydrogen (secondary N) is 2. The zero-order chi connectivity index (χ0) is 26.5. The van der Waals surface area contributed by atoms with Crippen LogP contribution in [0.4, 0.5) is 22.7 Å². The van der Waals surface area contributed by atoms with E-state index in [0.717, 1.165) is 29.0 Å². The number of carbonyl (C=O) groups is 2. The van der Waals surface area contributed by atoms with Crippen molar-refractivity contribution in [3.8, 4) is 0 Å². The largest absolute Gasteiger partial charge is 0.355 e. The second-order valence-corrected chi connectivity index (χ2v) is 10.1. The van der Waals surface area contributed by atoms with Crippen LogP contribution in [-0.4, -0.2) is 18.4 Å². The number of hydrogen-bond acceptors (Lipinski definition) is 3. The number of anilines is 4. The molecule has 38 heavy (non-hydrogen) atoms. The summed E-state index contributed by atoms with van der Waals surface area (Å²) < 4.78 is 0. The first-order chi connectivity index (χ1) is 18.5. The fraction of sp³-hybridized carbons (Fsp3) is 0.212. The van der Waals surface area contributed by atoms with Crippen LogP contribution in [0.25, 0.3) is 0 Å². The molecule has 0 bridgehead atoms. The van der Waals surface area contributed by atoms with Gasteiger partial charge in [0.2, 0.25) is 11.8 Å². The van der Waals surface area contributed by atoms with Gasteiger partial charge in [0.05, 0.1) is 5.92 Å². The molecule has 2 amide bonds. The number of nitrogens with zero attached hydrogens (tertiary/aromatic N) is 1. The molecule has 1 heterocycles. The molecule has 4 aromatic rings. The van der Waals surface area contributed by atoms with Crippen molar-refractivity contribution in [2.45, 2.75) is 32.6 Å². The summed E-state index contributed by atoms with van der Waals surface area (Å²) in [6, 6.07) is 34.4. The number of benzene rings is 4. The summed E-state index contributed by atoms with van der Waals surface area (Å²) in [5.74, 6) is -0.224. The van der Waals surface area contributed by atoms with Gasteiger partial charge in [0.15, 0.2) is 0 Å². The number of carbonyl (C=O) groups excluding carboxylic acids is 2. The first kappa shape index (κ1) is 25.3. The molecule has 1 aliphatic rings. The van der Waals surface area contributed by atoms with E-state index in [1.54, 1.807) is 4.90 Å². The third-order valence-electron chi connectivity index (χ3n) is 7.03. The lowest BCUT2D eigenvalue weighted by Gasteiger charge is -2.22. The molecule has 0 radical (unpaired) electrons. The topological polar surface area (TPSA) is 61.4 Å². The van der Waals surface area contributed by atoms with Gasteiger partial charge in [-0.15, -0.1) is 0 Å². The summed E-state index contributed by atoms with van der Waals surface area (Å²) in [7, 11) is 0. The van der Waals surface area contributed by atoms with E-state index in [-0.39, 0.29) is 24.2 Å². The van der Waals surface area contributed by atoms with E-state index in [2.05, 4.69) is 73.0 Å². The monoisotopic (exact) mass is 503 g/mol. The minimum atomic E-state index is -0.384. The van der Waals surface area contributed by atoms with Gasteiger partial charge in [-0.3, -0.25) is 9.59 Å². The van der Waals surface area contributed by atoms with Gasteiger partial charge < -0.3 is 15.5 Å². The normalized spacial score (nSPS) is 15.1. The van der Waals surface area contributed by atoms with E-state index in [4.69, 9.17) is 0 Å². The molecule has 1 unspecified atom stereocenters. The lowest BCUT2D eigenvalue weighted by Crippen LogP contribution is -2.28. The second-order valence-electron chi connectivity index (χ2n) is 10.1. The highest BCUT2D eigenvalue weighted by molar-refractivity contribution is 6.04. The van der Waals surface area contributed by atoms with E-state index in [0.29, 0.717) is 18.2 Å². The highest BCUT2D eigenvalue weighted by Gasteiger charge is 2.36. The van der Waals surface area contributed by atoms with Crippen molar-refractivity contribution in [3.05, 3.63) is 120 Å². The second kappa shape index (κ2) is 11.3. The average molecular weight is 504 g/mol. The molecule has 0 aliphatic carbocycles. The van der Waals surface area contributed by atoms with Gasteiger partial charge in [-0.2, -0.15) is 0 Å². The van der Waals surface area contributed by atoms with Gasteiger partial charge in [-0.05, 0) is 65.4 Å². The fourth-order valence-corrected chi connectivity index (χ4v) is 4.99. The zero-order valence-electron chi connectivity index (χ0n) is 21.9. The van der Waals surface area contributed by atoms with Gasteiger partial charge in [0.1, 0.15) is 0 Å². The lowest BCUT2D eigenvalue weighted by atomic mass is 10.0. The first-order valence-electron chi connectivity index (χ1n) is 13.2. The van der Waals surface area contributed by atoms with Crippen molar-refractivity contribution >= 4 is 34.6 Å². The van der Waals surface area contributed by atoms with Crippen LogP contribution >= 0.6 is 0 Å². The fourth-order valence-electron chi connectivity index (χ4n) is 4.99. The van der Waals surface area contributed by atoms with Crippen LogP contribution in [0.3, 0.4) is 0 Å². The predicted molar refractivity (Wildman–Crippen MR) is 155 cm³/mol. The van der Waals surface area contributed by atoms with Crippen molar-refractivity contribution in [1.29, 1.82) is 0 Å². The Kier molecular flexibility index (Phi) is 7.55. The molecule has 2 N–H and O–H groups in total. The third-order valence-corrected chi connectivity index (χ3v) is 7.03. The van der Waals surface area contributed by atoms with Crippen molar-refractivity contribution in [3.63, 3.8) is 0 Å². The van der Waals surface area contributed by atoms with Crippen LogP contribution in [0.15, 0.2) is 103 Å². The molecule has 0 spiro atoms. The van der Waals surface area contributed by atoms with E-state index < -0.39 is 0 Å². The Bertz CT molecular complexity index is 1410. The standard InChI is InChI=1S/C33H33N3O2/c1-23(2)29-13-7-9-15-31(29)36-22-26(21-32(36)37)33(38)35-28-18-16-27(17-19-28)34-30-14-8-6-12-25(30)20-24-10-4-3-5-11-24/h3-19,23,26,34H,20-22H2,1-2H3,(H,35,38). The molecule has 1 saturated heterocycles. The van der Waals surface area contributed by atoms with Gasteiger partial charge >= 0.3 is 0 Å². The Hall–Kier alpha value is -4.38. The molecule has 5 nitrogen and oxygen atoms in total. The zero-order valence-corrected chi connectivity index (χ0v) is 21.9. The average Bonchev–Trinajstić information content (AvgIpc) is 3.33. The predicted octanol–water partition coefficient (Wildman–Crippen LogP) is 7.14. The highest BCUT2D eigenvalue weighted by Crippen LogP contribution is 2.32. The van der Waals surface area contributed by atoms with Crippen LogP contribution in [0.1, 0.15) is 42.9 Å². The molecule has 4 aromatic carbocycles. The molecule has 192 valence electrons. The number of amides is 2. The van der Waals surface area contributed by atoms with Crippen molar-refractivity contribution in [2.24, 2.45) is 5.92 Å². The lowest BCUT2D eigenvalue weighted by molar-refractivity contribution is -0.122. The van der Waals surface area contributed by atoms with Gasteiger partial charge in [-0.1, -0.05) is 80.6 Å². The first-order valence-corrected chi connectivity index (χ1v) is 13.2. The molecular formula is C33H33N3O2. The Labute approximate surface area is 224 Å². The summed E-state index contributed by atoms with van der Waals surface area (Å²) in [5.41, 5.74) is 7.21. The summed E-state index contributed by atoms with van der Waals surface area (Å²) in [4.78, 5) is 27.6. The SMILES string of the molecule is CC(C)c1ccccc1N1CC(C(=O)Nc2ccc(Nc3ccccc3Cc3ccccc3)cc2)CC1=O. The maximum absolute atomic E-state index is 13.0. The molecule has 1 fully saturated rings. The van der Waals surface area contributed by atoms with Crippen molar-refractivity contribution in [1.82, 2.24) is 0 Å². The van der Waals surface area contributed by atoms with Gasteiger partial charge in [-0.25, -0.2) is 0 Å². The molecule has 1 atom stereocenters. The minimum absolute atomic E-state index is 0.00744. The molecule has 5 rings (SSSR count). The molecule has 1 aliphatic heterocycles. The smallest absolute Gasteiger partial charge is 0.229 e. The van der Waals surface area contributed by atoms with E-state index >= 15 is 0 Å². The molecule has 5 heteroatoms. The molecule has 0 aromatic heterocycles. The number of hydrogen-bond donors (Lipinski definition) is 2. The molecule has 0 saturated carbocycles. The van der Waals surface area contributed by atoms with Crippen LogP contribution in [0.2, 0.25) is 0 Å². The van der Waals surface area contributed by atoms with E-state index in [1.807, 2.05) is 54.6 Å². The molecular weight excluding hydrogens is 470 g/mol. The van der Waals surface area contributed by atoms with Crippen LogP contribution in [0, 0.1) is 5.92 Å². The Morgan fingerprint density at radius 3 is 2.26 bits per heavy atom. The Morgan fingerprint density at radius 2 is 1.50 bits per heavy atom. The van der Waals surface area contributed by atoms with Gasteiger partial charge in [0.25, 0.3) is 0 Å². The van der Waals surface area contributed by atoms with E-state index in [1.165, 1.54) is 11.1 Å².